The van der Waals surface area contributed by atoms with Gasteiger partial charge in [-0.15, -0.1) is 0 Å². The van der Waals surface area contributed by atoms with E-state index in [1.807, 2.05) is 0 Å². The van der Waals surface area contributed by atoms with E-state index in [-0.39, 0.29) is 8.41 Å². The first kappa shape index (κ1) is 19.0. The Morgan fingerprint density at radius 1 is 0.833 bits per heavy atom. The molecule has 0 heterocycles. The highest BCUT2D eigenvalue weighted by molar-refractivity contribution is 7.76. The number of benzene rings is 2. The zero-order valence-electron chi connectivity index (χ0n) is 15.0. The molecule has 123 valence electrons. The summed E-state index contributed by atoms with van der Waals surface area (Å²) in [6.07, 6.45) is 5.27. The van der Waals surface area contributed by atoms with Crippen LogP contribution in [-0.2, 0) is 0 Å². The first-order chi connectivity index (χ1) is 11.2. The molecule has 1 aliphatic carbocycles. The maximum absolute atomic E-state index is 2.60. The highest BCUT2D eigenvalue weighted by Gasteiger charge is 2.30. The third-order valence-electron chi connectivity index (χ3n) is 4.86. The molecule has 0 spiro atoms. The van der Waals surface area contributed by atoms with Crippen molar-refractivity contribution in [3.8, 4) is 0 Å². The van der Waals surface area contributed by atoms with Crippen molar-refractivity contribution in [2.24, 2.45) is 17.8 Å². The van der Waals surface area contributed by atoms with Crippen molar-refractivity contribution in [2.75, 3.05) is 0 Å². The van der Waals surface area contributed by atoms with Crippen molar-refractivity contribution < 1.29 is 0 Å². The Morgan fingerprint density at radius 2 is 1.33 bits per heavy atom. The van der Waals surface area contributed by atoms with Gasteiger partial charge in [0.1, 0.15) is 0 Å². The van der Waals surface area contributed by atoms with E-state index in [0.717, 1.165) is 5.92 Å². The number of hydrogen-bond donors (Lipinski definition) is 0. The van der Waals surface area contributed by atoms with Crippen LogP contribution in [0.5, 0.6) is 0 Å². The van der Waals surface area contributed by atoms with Gasteiger partial charge in [0.2, 0.25) is 0 Å². The SMILES string of the molecule is CC(C)[C@H]1CC[C@@H](C)C=C1P(c1ccccc1)c1ccccc1.[B]. The Hall–Kier alpha value is -1.33. The van der Waals surface area contributed by atoms with Crippen LogP contribution in [0, 0.1) is 17.8 Å². The number of hydrogen-bond acceptors (Lipinski definition) is 0. The van der Waals surface area contributed by atoms with Crippen LogP contribution in [-0.4, -0.2) is 8.41 Å². The van der Waals surface area contributed by atoms with Gasteiger partial charge in [-0.25, -0.2) is 0 Å². The fourth-order valence-corrected chi connectivity index (χ4v) is 6.60. The summed E-state index contributed by atoms with van der Waals surface area (Å²) in [6, 6.07) is 22.3. The van der Waals surface area contributed by atoms with E-state index in [4.69, 9.17) is 0 Å². The van der Waals surface area contributed by atoms with E-state index in [0.29, 0.717) is 11.8 Å². The molecule has 1 aliphatic rings. The van der Waals surface area contributed by atoms with Crippen molar-refractivity contribution >= 4 is 26.9 Å². The zero-order chi connectivity index (χ0) is 16.2. The third kappa shape index (κ3) is 4.20. The van der Waals surface area contributed by atoms with Crippen LogP contribution < -0.4 is 10.6 Å². The van der Waals surface area contributed by atoms with Crippen LogP contribution in [0.1, 0.15) is 33.6 Å². The summed E-state index contributed by atoms with van der Waals surface area (Å²) in [4.78, 5) is 0. The Kier molecular flexibility index (Phi) is 6.87. The maximum Gasteiger partial charge on any atom is 0 e. The summed E-state index contributed by atoms with van der Waals surface area (Å²) in [5.74, 6) is 2.14. The van der Waals surface area contributed by atoms with Crippen molar-refractivity contribution in [1.29, 1.82) is 0 Å². The lowest BCUT2D eigenvalue weighted by Gasteiger charge is -2.35. The predicted molar refractivity (Wildman–Crippen MR) is 110 cm³/mol. The molecule has 24 heavy (non-hydrogen) atoms. The second-order valence-corrected chi connectivity index (χ2v) is 9.22. The molecule has 0 amide bonds. The average Bonchev–Trinajstić information content (AvgIpc) is 2.57. The molecule has 0 saturated heterocycles. The average molecular weight is 333 g/mol. The second kappa shape index (κ2) is 8.68. The van der Waals surface area contributed by atoms with Gasteiger partial charge < -0.3 is 0 Å². The molecule has 2 aromatic rings. The predicted octanol–water partition coefficient (Wildman–Crippen LogP) is 5.32. The molecule has 0 nitrogen and oxygen atoms in total. The monoisotopic (exact) mass is 333 g/mol. The maximum atomic E-state index is 2.60. The fraction of sp³-hybridized carbons (Fsp3) is 0.364. The Balaban J connectivity index is 0.00000208. The lowest BCUT2D eigenvalue weighted by atomic mass is 9.83. The normalized spacial score (nSPS) is 20.6. The van der Waals surface area contributed by atoms with Gasteiger partial charge in [-0.2, -0.15) is 0 Å². The summed E-state index contributed by atoms with van der Waals surface area (Å²) in [7, 11) is -0.406. The topological polar surface area (TPSA) is 0 Å². The van der Waals surface area contributed by atoms with Gasteiger partial charge in [-0.05, 0) is 54.4 Å². The van der Waals surface area contributed by atoms with Crippen LogP contribution in [0.4, 0.5) is 0 Å². The first-order valence-corrected chi connectivity index (χ1v) is 10.1. The molecule has 0 aliphatic heterocycles. The minimum Gasteiger partial charge on any atom is -0.0771 e. The van der Waals surface area contributed by atoms with Crippen LogP contribution in [0.2, 0.25) is 0 Å². The quantitative estimate of drug-likeness (QED) is 0.524. The molecule has 0 bridgehead atoms. The minimum atomic E-state index is -0.406. The smallest absolute Gasteiger partial charge is 0 e. The summed E-state index contributed by atoms with van der Waals surface area (Å²) in [5, 5.41) is 4.67. The van der Waals surface area contributed by atoms with Gasteiger partial charge in [0.15, 0.2) is 0 Å². The Bertz CT molecular complexity index is 609. The van der Waals surface area contributed by atoms with E-state index in [9.17, 15) is 0 Å². The van der Waals surface area contributed by atoms with Crippen LogP contribution in [0.15, 0.2) is 72.1 Å². The number of rotatable bonds is 4. The van der Waals surface area contributed by atoms with E-state index in [2.05, 4.69) is 87.5 Å². The van der Waals surface area contributed by atoms with Crippen LogP contribution in [0.25, 0.3) is 0 Å². The van der Waals surface area contributed by atoms with Crippen molar-refractivity contribution in [3.05, 3.63) is 72.1 Å². The molecular formula is C22H27BP. The zero-order valence-corrected chi connectivity index (χ0v) is 15.9. The van der Waals surface area contributed by atoms with E-state index in [1.165, 1.54) is 23.5 Å². The largest absolute Gasteiger partial charge is 0.0771 e. The molecule has 3 radical (unpaired) electrons. The van der Waals surface area contributed by atoms with Crippen LogP contribution >= 0.6 is 7.92 Å². The molecule has 3 rings (SSSR count). The minimum absolute atomic E-state index is 0. The molecule has 0 unspecified atom stereocenters. The first-order valence-electron chi connectivity index (χ1n) is 8.78. The molecule has 2 aromatic carbocycles. The summed E-state index contributed by atoms with van der Waals surface area (Å²) in [5.41, 5.74) is 0. The lowest BCUT2D eigenvalue weighted by molar-refractivity contribution is 0.376. The van der Waals surface area contributed by atoms with Gasteiger partial charge in [0, 0.05) is 8.41 Å². The van der Waals surface area contributed by atoms with Gasteiger partial charge >= 0.3 is 0 Å². The van der Waals surface area contributed by atoms with Gasteiger partial charge in [-0.1, -0.05) is 87.5 Å². The second-order valence-electron chi connectivity index (χ2n) is 7.00. The molecule has 2 atom stereocenters. The Morgan fingerprint density at radius 3 is 1.79 bits per heavy atom. The number of allylic oxidation sites excluding steroid dienone is 2. The van der Waals surface area contributed by atoms with E-state index in [1.54, 1.807) is 5.31 Å². The van der Waals surface area contributed by atoms with Gasteiger partial charge in [0.05, 0.1) is 0 Å². The van der Waals surface area contributed by atoms with Gasteiger partial charge in [-0.3, -0.25) is 0 Å². The summed E-state index contributed by atoms with van der Waals surface area (Å²) >= 11 is 0. The molecule has 2 heteroatoms. The molecule has 0 saturated carbocycles. The van der Waals surface area contributed by atoms with Crippen LogP contribution in [0.3, 0.4) is 0 Å². The molecule has 0 fully saturated rings. The third-order valence-corrected chi connectivity index (χ3v) is 7.49. The van der Waals surface area contributed by atoms with E-state index < -0.39 is 7.92 Å². The fourth-order valence-electron chi connectivity index (χ4n) is 3.61. The Labute approximate surface area is 150 Å². The standard InChI is InChI=1S/C22H27P.B/c1-17(2)21-15-14-18(3)16-22(21)23(19-10-6-4-7-11-19)20-12-8-5-9-13-20;/h4-13,16-18,21H,14-15H2,1-3H3;/t18-,21-;/m1./s1. The highest BCUT2D eigenvalue weighted by atomic mass is 31.1. The van der Waals surface area contributed by atoms with Gasteiger partial charge in [0.25, 0.3) is 0 Å². The highest BCUT2D eigenvalue weighted by Crippen LogP contribution is 2.52. The van der Waals surface area contributed by atoms with Crippen molar-refractivity contribution in [3.63, 3.8) is 0 Å². The molecular weight excluding hydrogens is 306 g/mol. The molecule has 0 N–H and O–H groups in total. The lowest BCUT2D eigenvalue weighted by Crippen LogP contribution is -2.23. The van der Waals surface area contributed by atoms with Crippen molar-refractivity contribution in [2.45, 2.75) is 33.6 Å². The molecule has 0 aromatic heterocycles. The summed E-state index contributed by atoms with van der Waals surface area (Å²) in [6.45, 7) is 7.15. The summed E-state index contributed by atoms with van der Waals surface area (Å²) < 4.78 is 0. The van der Waals surface area contributed by atoms with E-state index >= 15 is 0 Å². The van der Waals surface area contributed by atoms with Crippen molar-refractivity contribution in [1.82, 2.24) is 0 Å².